The average molecular weight is 341 g/mol. The number of nitrogens with zero attached hydrogens (tertiary/aromatic N) is 2. The van der Waals surface area contributed by atoms with Gasteiger partial charge in [0.15, 0.2) is 0 Å². The lowest BCUT2D eigenvalue weighted by Crippen LogP contribution is -2.50. The van der Waals surface area contributed by atoms with Crippen LogP contribution in [0.15, 0.2) is 29.8 Å². The summed E-state index contributed by atoms with van der Waals surface area (Å²) < 4.78 is 0. The van der Waals surface area contributed by atoms with Crippen LogP contribution in [0.3, 0.4) is 0 Å². The average Bonchev–Trinajstić information content (AvgIpc) is 2.45. The van der Waals surface area contributed by atoms with Gasteiger partial charge in [0.1, 0.15) is 0 Å². The number of amides is 2. The van der Waals surface area contributed by atoms with Crippen LogP contribution in [0.25, 0.3) is 0 Å². The first-order chi connectivity index (χ1) is 10.4. The summed E-state index contributed by atoms with van der Waals surface area (Å²) in [5.41, 5.74) is 1.44. The van der Waals surface area contributed by atoms with Gasteiger partial charge in [0.25, 0.3) is 5.91 Å². The molecule has 6 heteroatoms. The Balaban J connectivity index is 2.01. The Kier molecular flexibility index (Phi) is 5.48. The Labute approximate surface area is 140 Å². The van der Waals surface area contributed by atoms with Crippen LogP contribution >= 0.6 is 23.2 Å². The fourth-order valence-corrected chi connectivity index (χ4v) is 2.85. The molecule has 4 nitrogen and oxygen atoms in total. The smallest absolute Gasteiger partial charge is 0.254 e. The first-order valence-electron chi connectivity index (χ1n) is 7.06. The van der Waals surface area contributed by atoms with Crippen LogP contribution in [0.1, 0.15) is 24.2 Å². The van der Waals surface area contributed by atoms with Crippen molar-refractivity contribution in [2.75, 3.05) is 26.2 Å². The van der Waals surface area contributed by atoms with Crippen LogP contribution in [0.2, 0.25) is 10.0 Å². The standard InChI is InChI=1S/C16H18Cl2N2O2/c1-11(2)7-15(21)19-3-5-20(6-4-19)16(22)12-8-13(17)10-14(18)9-12/h7-10H,3-6H2,1-2H3. The second-order valence-corrected chi connectivity index (χ2v) is 6.37. The zero-order chi connectivity index (χ0) is 16.3. The third kappa shape index (κ3) is 4.24. The van der Waals surface area contributed by atoms with Crippen molar-refractivity contribution in [2.24, 2.45) is 0 Å². The molecule has 0 N–H and O–H groups in total. The van der Waals surface area contributed by atoms with Crippen LogP contribution in [0.5, 0.6) is 0 Å². The van der Waals surface area contributed by atoms with Crippen molar-refractivity contribution in [1.82, 2.24) is 9.80 Å². The number of hydrogen-bond donors (Lipinski definition) is 0. The minimum Gasteiger partial charge on any atom is -0.336 e. The van der Waals surface area contributed by atoms with Gasteiger partial charge in [-0.3, -0.25) is 9.59 Å². The Bertz CT molecular complexity index is 596. The highest BCUT2D eigenvalue weighted by atomic mass is 35.5. The summed E-state index contributed by atoms with van der Waals surface area (Å²) in [4.78, 5) is 27.9. The van der Waals surface area contributed by atoms with E-state index in [0.29, 0.717) is 41.8 Å². The van der Waals surface area contributed by atoms with E-state index in [1.807, 2.05) is 13.8 Å². The third-order valence-corrected chi connectivity index (χ3v) is 3.84. The molecule has 1 aromatic rings. The molecule has 0 atom stereocenters. The summed E-state index contributed by atoms with van der Waals surface area (Å²) in [7, 11) is 0. The molecule has 0 unspecified atom stereocenters. The molecule has 0 saturated carbocycles. The monoisotopic (exact) mass is 340 g/mol. The second kappa shape index (κ2) is 7.16. The normalized spacial score (nSPS) is 14.7. The number of carbonyl (C=O) groups excluding carboxylic acids is 2. The first-order valence-corrected chi connectivity index (χ1v) is 7.81. The molecule has 1 fully saturated rings. The molecule has 2 rings (SSSR count). The summed E-state index contributed by atoms with van der Waals surface area (Å²) in [6.45, 7) is 5.85. The molecule has 0 aliphatic carbocycles. The van der Waals surface area contributed by atoms with E-state index in [1.54, 1.807) is 34.1 Å². The molecule has 0 bridgehead atoms. The van der Waals surface area contributed by atoms with Crippen molar-refractivity contribution < 1.29 is 9.59 Å². The molecular weight excluding hydrogens is 323 g/mol. The maximum atomic E-state index is 12.5. The second-order valence-electron chi connectivity index (χ2n) is 5.50. The topological polar surface area (TPSA) is 40.6 Å². The molecule has 1 aliphatic heterocycles. The number of carbonyl (C=O) groups is 2. The number of benzene rings is 1. The zero-order valence-electron chi connectivity index (χ0n) is 12.6. The van der Waals surface area contributed by atoms with E-state index in [2.05, 4.69) is 0 Å². The van der Waals surface area contributed by atoms with Gasteiger partial charge in [0.05, 0.1) is 0 Å². The summed E-state index contributed by atoms with van der Waals surface area (Å²) in [6, 6.07) is 4.81. The highest BCUT2D eigenvalue weighted by molar-refractivity contribution is 6.35. The highest BCUT2D eigenvalue weighted by Crippen LogP contribution is 2.20. The van der Waals surface area contributed by atoms with Crippen LogP contribution in [-0.2, 0) is 4.79 Å². The molecule has 0 radical (unpaired) electrons. The summed E-state index contributed by atoms with van der Waals surface area (Å²) in [5.74, 6) is -0.114. The quantitative estimate of drug-likeness (QED) is 0.775. The summed E-state index contributed by atoms with van der Waals surface area (Å²) >= 11 is 11.9. The van der Waals surface area contributed by atoms with E-state index in [4.69, 9.17) is 23.2 Å². The molecule has 1 heterocycles. The highest BCUT2D eigenvalue weighted by Gasteiger charge is 2.24. The molecule has 0 spiro atoms. The van der Waals surface area contributed by atoms with E-state index < -0.39 is 0 Å². The minimum absolute atomic E-state index is 0.00195. The van der Waals surface area contributed by atoms with Gasteiger partial charge in [-0.1, -0.05) is 28.8 Å². The van der Waals surface area contributed by atoms with Crippen LogP contribution in [0, 0.1) is 0 Å². The van der Waals surface area contributed by atoms with Gasteiger partial charge >= 0.3 is 0 Å². The van der Waals surface area contributed by atoms with Crippen molar-refractivity contribution in [3.05, 3.63) is 45.5 Å². The van der Waals surface area contributed by atoms with Crippen molar-refractivity contribution in [3.8, 4) is 0 Å². The predicted octanol–water partition coefficient (Wildman–Crippen LogP) is 3.24. The molecule has 2 amide bonds. The third-order valence-electron chi connectivity index (χ3n) is 3.40. The zero-order valence-corrected chi connectivity index (χ0v) is 14.1. The largest absolute Gasteiger partial charge is 0.336 e. The Hall–Kier alpha value is -1.52. The molecule has 22 heavy (non-hydrogen) atoms. The van der Waals surface area contributed by atoms with Gasteiger partial charge in [0, 0.05) is 47.9 Å². The van der Waals surface area contributed by atoms with Gasteiger partial charge in [0.2, 0.25) is 5.91 Å². The first kappa shape index (κ1) is 16.8. The molecule has 1 aliphatic rings. The molecule has 118 valence electrons. The SMILES string of the molecule is CC(C)=CC(=O)N1CCN(C(=O)c2cc(Cl)cc(Cl)c2)CC1. The van der Waals surface area contributed by atoms with E-state index >= 15 is 0 Å². The lowest BCUT2D eigenvalue weighted by Gasteiger charge is -2.34. The fourth-order valence-electron chi connectivity index (χ4n) is 2.33. The lowest BCUT2D eigenvalue weighted by atomic mass is 10.1. The molecule has 1 saturated heterocycles. The summed E-state index contributed by atoms with van der Waals surface area (Å²) in [5, 5.41) is 0.876. The minimum atomic E-state index is -0.112. The van der Waals surface area contributed by atoms with Crippen molar-refractivity contribution in [2.45, 2.75) is 13.8 Å². The lowest BCUT2D eigenvalue weighted by molar-refractivity contribution is -0.127. The van der Waals surface area contributed by atoms with Gasteiger partial charge in [-0.15, -0.1) is 0 Å². The van der Waals surface area contributed by atoms with Gasteiger partial charge in [-0.25, -0.2) is 0 Å². The van der Waals surface area contributed by atoms with E-state index in [-0.39, 0.29) is 11.8 Å². The number of hydrogen-bond acceptors (Lipinski definition) is 2. The Morgan fingerprint density at radius 2 is 1.45 bits per heavy atom. The van der Waals surface area contributed by atoms with Gasteiger partial charge in [-0.05, 0) is 32.0 Å². The van der Waals surface area contributed by atoms with Crippen LogP contribution < -0.4 is 0 Å². The number of rotatable bonds is 2. The maximum absolute atomic E-state index is 12.5. The Morgan fingerprint density at radius 3 is 1.95 bits per heavy atom. The number of halogens is 2. The van der Waals surface area contributed by atoms with Gasteiger partial charge in [-0.2, -0.15) is 0 Å². The van der Waals surface area contributed by atoms with Gasteiger partial charge < -0.3 is 9.80 Å². The van der Waals surface area contributed by atoms with Crippen molar-refractivity contribution in [1.29, 1.82) is 0 Å². The van der Waals surface area contributed by atoms with E-state index in [9.17, 15) is 9.59 Å². The maximum Gasteiger partial charge on any atom is 0.254 e. The number of piperazine rings is 1. The summed E-state index contributed by atoms with van der Waals surface area (Å²) in [6.07, 6.45) is 1.62. The predicted molar refractivity (Wildman–Crippen MR) is 88.4 cm³/mol. The van der Waals surface area contributed by atoms with E-state index in [1.165, 1.54) is 0 Å². The fraction of sp³-hybridized carbons (Fsp3) is 0.375. The Morgan fingerprint density at radius 1 is 0.955 bits per heavy atom. The van der Waals surface area contributed by atoms with Crippen LogP contribution in [0.4, 0.5) is 0 Å². The molecular formula is C16H18Cl2N2O2. The molecule has 0 aromatic heterocycles. The van der Waals surface area contributed by atoms with Crippen molar-refractivity contribution in [3.63, 3.8) is 0 Å². The van der Waals surface area contributed by atoms with Crippen LogP contribution in [-0.4, -0.2) is 47.8 Å². The van der Waals surface area contributed by atoms with E-state index in [0.717, 1.165) is 5.57 Å². The van der Waals surface area contributed by atoms with Crippen molar-refractivity contribution >= 4 is 35.0 Å². The number of allylic oxidation sites excluding steroid dienone is 1. The molecule has 1 aromatic carbocycles.